The largest absolute Gasteiger partial charge is 0.419 e. The zero-order valence-corrected chi connectivity index (χ0v) is 13.3. The highest BCUT2D eigenvalue weighted by Gasteiger charge is 2.37. The Bertz CT molecular complexity index is 804. The number of aromatic nitrogens is 2. The predicted octanol–water partition coefficient (Wildman–Crippen LogP) is 2.83. The third kappa shape index (κ3) is 2.96. The van der Waals surface area contributed by atoms with Crippen molar-refractivity contribution < 1.29 is 9.52 Å². The normalized spacial score (nSPS) is 21.2. The molecule has 24 heavy (non-hydrogen) atoms. The Balaban J connectivity index is 1.45. The average Bonchev–Trinajstić information content (AvgIpc) is 3.25. The lowest BCUT2D eigenvalue weighted by atomic mass is 9.93. The van der Waals surface area contributed by atoms with Crippen LogP contribution in [-0.2, 0) is 12.1 Å². The van der Waals surface area contributed by atoms with Crippen molar-refractivity contribution in [2.45, 2.75) is 18.6 Å². The maximum atomic E-state index is 10.9. The number of benzene rings is 2. The van der Waals surface area contributed by atoms with E-state index in [4.69, 9.17) is 4.42 Å². The third-order valence-electron chi connectivity index (χ3n) is 4.48. The van der Waals surface area contributed by atoms with E-state index in [9.17, 15) is 5.11 Å². The number of nitrogens with zero attached hydrogens (tertiary/aromatic N) is 3. The highest BCUT2D eigenvalue weighted by atomic mass is 16.4. The summed E-state index contributed by atoms with van der Waals surface area (Å²) in [4.78, 5) is 2.15. The number of aliphatic hydroxyl groups is 1. The van der Waals surface area contributed by atoms with Crippen LogP contribution in [0.3, 0.4) is 0 Å². The predicted molar refractivity (Wildman–Crippen MR) is 90.0 cm³/mol. The van der Waals surface area contributed by atoms with Gasteiger partial charge in [-0.2, -0.15) is 0 Å². The average molecular weight is 321 g/mol. The smallest absolute Gasteiger partial charge is 0.247 e. The van der Waals surface area contributed by atoms with Crippen LogP contribution in [0.1, 0.15) is 17.9 Å². The molecule has 1 aromatic heterocycles. The Morgan fingerprint density at radius 1 is 1.00 bits per heavy atom. The minimum absolute atomic E-state index is 0.531. The summed E-state index contributed by atoms with van der Waals surface area (Å²) in [7, 11) is 0. The van der Waals surface area contributed by atoms with Gasteiger partial charge < -0.3 is 9.52 Å². The summed E-state index contributed by atoms with van der Waals surface area (Å²) in [5, 5.41) is 19.1. The summed E-state index contributed by atoms with van der Waals surface area (Å²) in [5.41, 5.74) is 1.07. The second kappa shape index (κ2) is 6.19. The number of rotatable bonds is 4. The van der Waals surface area contributed by atoms with E-state index in [1.807, 2.05) is 60.7 Å². The van der Waals surface area contributed by atoms with Crippen LogP contribution in [0.2, 0.25) is 0 Å². The molecule has 4 rings (SSSR count). The summed E-state index contributed by atoms with van der Waals surface area (Å²) >= 11 is 0. The molecule has 5 heteroatoms. The maximum Gasteiger partial charge on any atom is 0.247 e. The lowest BCUT2D eigenvalue weighted by Crippen LogP contribution is -2.30. The molecule has 2 heterocycles. The summed E-state index contributed by atoms with van der Waals surface area (Å²) < 4.78 is 5.76. The van der Waals surface area contributed by atoms with Gasteiger partial charge >= 0.3 is 0 Å². The van der Waals surface area contributed by atoms with E-state index in [0.717, 1.165) is 17.7 Å². The van der Waals surface area contributed by atoms with Crippen LogP contribution in [0.15, 0.2) is 65.1 Å². The number of β-amino-alcohol motifs (C(OH)–C–C–N with tert-alkyl or cyclic N) is 1. The van der Waals surface area contributed by atoms with Crippen molar-refractivity contribution in [3.8, 4) is 11.5 Å². The number of likely N-dealkylation sites (tertiary alicyclic amines) is 1. The molecule has 2 aromatic carbocycles. The Hall–Kier alpha value is -2.50. The van der Waals surface area contributed by atoms with Gasteiger partial charge in [-0.3, -0.25) is 4.90 Å². The first-order chi connectivity index (χ1) is 11.7. The van der Waals surface area contributed by atoms with Crippen molar-refractivity contribution in [1.82, 2.24) is 15.1 Å². The van der Waals surface area contributed by atoms with Crippen LogP contribution < -0.4 is 0 Å². The van der Waals surface area contributed by atoms with Gasteiger partial charge in [0.1, 0.15) is 5.60 Å². The summed E-state index contributed by atoms with van der Waals surface area (Å²) in [6.07, 6.45) is 0.705. The van der Waals surface area contributed by atoms with Gasteiger partial charge in [-0.1, -0.05) is 48.5 Å². The van der Waals surface area contributed by atoms with Crippen molar-refractivity contribution in [3.05, 3.63) is 72.1 Å². The Morgan fingerprint density at radius 2 is 1.71 bits per heavy atom. The van der Waals surface area contributed by atoms with E-state index in [2.05, 4.69) is 15.1 Å². The van der Waals surface area contributed by atoms with Crippen molar-refractivity contribution in [1.29, 1.82) is 0 Å². The molecule has 1 fully saturated rings. The molecule has 1 atom stereocenters. The molecule has 0 amide bonds. The van der Waals surface area contributed by atoms with Gasteiger partial charge in [-0.05, 0) is 24.1 Å². The first-order valence-electron chi connectivity index (χ1n) is 8.11. The van der Waals surface area contributed by atoms with Gasteiger partial charge in [0.05, 0.1) is 6.54 Å². The Morgan fingerprint density at radius 3 is 2.46 bits per heavy atom. The number of hydrogen-bond donors (Lipinski definition) is 1. The fourth-order valence-corrected chi connectivity index (χ4v) is 3.20. The molecule has 1 aliphatic heterocycles. The van der Waals surface area contributed by atoms with E-state index in [1.165, 1.54) is 0 Å². The van der Waals surface area contributed by atoms with Crippen molar-refractivity contribution >= 4 is 0 Å². The Kier molecular flexibility index (Phi) is 3.88. The molecule has 3 aromatic rings. The van der Waals surface area contributed by atoms with Crippen molar-refractivity contribution in [3.63, 3.8) is 0 Å². The Labute approximate surface area is 140 Å². The van der Waals surface area contributed by atoms with Crippen molar-refractivity contribution in [2.75, 3.05) is 13.1 Å². The molecule has 0 aliphatic carbocycles. The molecular weight excluding hydrogens is 302 g/mol. The molecular formula is C19H19N3O2. The van der Waals surface area contributed by atoms with Crippen LogP contribution in [0.4, 0.5) is 0 Å². The number of hydrogen-bond acceptors (Lipinski definition) is 5. The maximum absolute atomic E-state index is 10.9. The standard InChI is InChI=1S/C19H19N3O2/c23-19(16-9-5-2-6-10-16)11-12-22(14-19)13-17-20-21-18(24-17)15-7-3-1-4-8-15/h1-10,23H,11-14H2/t19-/m0/s1. The second-order valence-corrected chi connectivity index (χ2v) is 6.23. The fraction of sp³-hybridized carbons (Fsp3) is 0.263. The molecule has 1 N–H and O–H groups in total. The van der Waals surface area contributed by atoms with Gasteiger partial charge in [-0.15, -0.1) is 10.2 Å². The zero-order chi connectivity index (χ0) is 16.4. The summed E-state index contributed by atoms with van der Waals surface area (Å²) in [6, 6.07) is 19.6. The second-order valence-electron chi connectivity index (χ2n) is 6.23. The van der Waals surface area contributed by atoms with E-state index in [0.29, 0.717) is 31.3 Å². The first-order valence-corrected chi connectivity index (χ1v) is 8.11. The SMILES string of the molecule is O[C@@]1(c2ccccc2)CCN(Cc2nnc(-c3ccccc3)o2)C1. The van der Waals surface area contributed by atoms with Gasteiger partial charge in [0.25, 0.3) is 0 Å². The van der Waals surface area contributed by atoms with E-state index in [1.54, 1.807) is 0 Å². The van der Waals surface area contributed by atoms with Crippen LogP contribution in [0, 0.1) is 0 Å². The topological polar surface area (TPSA) is 62.4 Å². The first kappa shape index (κ1) is 15.1. The summed E-state index contributed by atoms with van der Waals surface area (Å²) in [6.45, 7) is 1.92. The monoisotopic (exact) mass is 321 g/mol. The fourth-order valence-electron chi connectivity index (χ4n) is 3.20. The van der Waals surface area contributed by atoms with Crippen LogP contribution >= 0.6 is 0 Å². The molecule has 122 valence electrons. The van der Waals surface area contributed by atoms with Crippen LogP contribution in [0.5, 0.6) is 0 Å². The molecule has 0 radical (unpaired) electrons. The molecule has 0 saturated carbocycles. The molecule has 5 nitrogen and oxygen atoms in total. The molecule has 1 saturated heterocycles. The van der Waals surface area contributed by atoms with Gasteiger partial charge in [0, 0.05) is 18.7 Å². The molecule has 0 bridgehead atoms. The minimum Gasteiger partial charge on any atom is -0.419 e. The molecule has 0 unspecified atom stereocenters. The minimum atomic E-state index is -0.802. The lowest BCUT2D eigenvalue weighted by Gasteiger charge is -2.23. The zero-order valence-electron chi connectivity index (χ0n) is 13.3. The lowest BCUT2D eigenvalue weighted by molar-refractivity contribution is 0.0444. The van der Waals surface area contributed by atoms with E-state index >= 15 is 0 Å². The summed E-state index contributed by atoms with van der Waals surface area (Å²) in [5.74, 6) is 1.11. The third-order valence-corrected chi connectivity index (χ3v) is 4.48. The van der Waals surface area contributed by atoms with E-state index in [-0.39, 0.29) is 0 Å². The van der Waals surface area contributed by atoms with Gasteiger partial charge in [-0.25, -0.2) is 0 Å². The molecule has 0 spiro atoms. The van der Waals surface area contributed by atoms with Crippen LogP contribution in [0.25, 0.3) is 11.5 Å². The highest BCUT2D eigenvalue weighted by Crippen LogP contribution is 2.32. The van der Waals surface area contributed by atoms with Crippen molar-refractivity contribution in [2.24, 2.45) is 0 Å². The van der Waals surface area contributed by atoms with Crippen LogP contribution in [-0.4, -0.2) is 33.3 Å². The highest BCUT2D eigenvalue weighted by molar-refractivity contribution is 5.51. The quantitative estimate of drug-likeness (QED) is 0.800. The van der Waals surface area contributed by atoms with E-state index < -0.39 is 5.60 Å². The van der Waals surface area contributed by atoms with Gasteiger partial charge in [0.2, 0.25) is 11.8 Å². The molecule has 1 aliphatic rings. The van der Waals surface area contributed by atoms with Gasteiger partial charge in [0.15, 0.2) is 0 Å².